The summed E-state index contributed by atoms with van der Waals surface area (Å²) in [7, 11) is 2.85. The molecule has 19 heteroatoms. The molecule has 3 rings (SSSR count). The van der Waals surface area contributed by atoms with Crippen LogP contribution in [0.1, 0.15) is 78.9 Å². The highest BCUT2D eigenvalue weighted by Gasteiger charge is 2.37. The summed E-state index contributed by atoms with van der Waals surface area (Å²) in [4.78, 5) is 122. The molecular weight excluding hydrogens is 915 g/mol. The molecule has 0 aromatic heterocycles. The van der Waals surface area contributed by atoms with Crippen molar-refractivity contribution in [3.05, 3.63) is 108 Å². The van der Waals surface area contributed by atoms with Crippen molar-refractivity contribution in [1.29, 1.82) is 0 Å². The SMILES string of the molecule is C=C1C(=O)N[C@H](C)C(=O)N[C@H](CC(C)C)C(=O)N[C@@H](C(=O)O)[C@H](C)C(=O)N[C@H](Cc2ccccc2)C(=O)N[C@@H](/C=C/C(C)=C/[C@H](C)[C@H](Cc2ccccc2)OC)[C@H](C)C(=O)N[C@@H](C(=O)O)CCC(=O)N1C. The monoisotopic (exact) mass is 986 g/mol. The molecule has 10 atom stereocenters. The zero-order valence-corrected chi connectivity index (χ0v) is 42.0. The van der Waals surface area contributed by atoms with Gasteiger partial charge in [0, 0.05) is 32.9 Å². The van der Waals surface area contributed by atoms with Crippen LogP contribution < -0.4 is 31.9 Å². The third-order valence-corrected chi connectivity index (χ3v) is 12.3. The number of hydrogen-bond donors (Lipinski definition) is 8. The molecule has 2 aromatic rings. The molecule has 1 saturated heterocycles. The van der Waals surface area contributed by atoms with E-state index >= 15 is 0 Å². The summed E-state index contributed by atoms with van der Waals surface area (Å²) in [6, 6.07) is 9.78. The van der Waals surface area contributed by atoms with Gasteiger partial charge in [-0.25, -0.2) is 9.59 Å². The maximum Gasteiger partial charge on any atom is 0.327 e. The van der Waals surface area contributed by atoms with E-state index in [2.05, 4.69) is 38.5 Å². The highest BCUT2D eigenvalue weighted by Crippen LogP contribution is 2.19. The zero-order chi connectivity index (χ0) is 53.1. The van der Waals surface area contributed by atoms with Crippen LogP contribution in [0.25, 0.3) is 0 Å². The van der Waals surface area contributed by atoms with E-state index in [9.17, 15) is 53.4 Å². The number of amides is 7. The van der Waals surface area contributed by atoms with Gasteiger partial charge in [0.05, 0.1) is 24.0 Å². The molecule has 1 fully saturated rings. The van der Waals surface area contributed by atoms with E-state index < -0.39 is 120 Å². The number of benzene rings is 2. The van der Waals surface area contributed by atoms with Crippen LogP contribution in [0.4, 0.5) is 0 Å². The zero-order valence-electron chi connectivity index (χ0n) is 42.0. The molecular formula is C52H71N7O12. The van der Waals surface area contributed by atoms with Gasteiger partial charge in [0.2, 0.25) is 35.4 Å². The van der Waals surface area contributed by atoms with E-state index in [0.717, 1.165) is 16.0 Å². The van der Waals surface area contributed by atoms with Gasteiger partial charge in [0.25, 0.3) is 5.91 Å². The topological polar surface area (TPSA) is 279 Å². The van der Waals surface area contributed by atoms with Gasteiger partial charge >= 0.3 is 11.9 Å². The van der Waals surface area contributed by atoms with Crippen LogP contribution in [0.15, 0.2) is 96.7 Å². The van der Waals surface area contributed by atoms with E-state index in [1.165, 1.54) is 27.8 Å². The smallest absolute Gasteiger partial charge is 0.327 e. The van der Waals surface area contributed by atoms with Crippen LogP contribution in [-0.4, -0.2) is 125 Å². The molecule has 0 aliphatic carbocycles. The second kappa shape index (κ2) is 27.9. The number of carboxylic acids is 2. The quantitative estimate of drug-likeness (QED) is 0.106. The van der Waals surface area contributed by atoms with Crippen molar-refractivity contribution in [2.24, 2.45) is 23.7 Å². The van der Waals surface area contributed by atoms with E-state index in [1.807, 2.05) is 50.3 Å². The fourth-order valence-corrected chi connectivity index (χ4v) is 7.74. The molecule has 1 heterocycles. The van der Waals surface area contributed by atoms with E-state index in [4.69, 9.17) is 4.74 Å². The lowest BCUT2D eigenvalue weighted by Gasteiger charge is -2.29. The predicted octanol–water partition coefficient (Wildman–Crippen LogP) is 2.81. The van der Waals surface area contributed by atoms with Crippen molar-refractivity contribution >= 4 is 53.3 Å². The molecule has 71 heavy (non-hydrogen) atoms. The van der Waals surface area contributed by atoms with Gasteiger partial charge in [-0.3, -0.25) is 33.6 Å². The van der Waals surface area contributed by atoms with Crippen molar-refractivity contribution in [1.82, 2.24) is 36.8 Å². The summed E-state index contributed by atoms with van der Waals surface area (Å²) in [5.41, 5.74) is 2.01. The standard InChI is InChI=1S/C52H71N7O12/c1-29(2)25-40-50(66)58-44(52(69)70)33(6)46(62)56-41(27-36-17-13-11-14-18-36)49(65)54-38(22-21-30(3)26-31(4)42(71-10)28-37-19-15-12-16-20-37)32(5)45(61)55-39(51(67)68)23-24-43(60)59(9)35(8)48(64)53-34(7)47(63)57-40/h11-22,26,29,31-34,38-42,44H,8,23-25,27-28H2,1-7,9-10H3,(H,53,64)(H,54,65)(H,55,61)(H,56,62)(H,57,63)(H,58,66)(H,67,68)(H,69,70)/b22-21+,30-26+/t31-,32-,33-,34+,38-,39+,40+,41+,42-,44+/m0/s1. The van der Waals surface area contributed by atoms with Crippen LogP contribution in [-0.2, 0) is 60.7 Å². The van der Waals surface area contributed by atoms with Crippen molar-refractivity contribution in [2.45, 2.75) is 123 Å². The molecule has 1 aliphatic heterocycles. The molecule has 386 valence electrons. The number of aliphatic carboxylic acids is 2. The molecule has 0 bridgehead atoms. The molecule has 7 amide bonds. The van der Waals surface area contributed by atoms with Crippen molar-refractivity contribution in [3.8, 4) is 0 Å². The van der Waals surface area contributed by atoms with Crippen LogP contribution in [0.2, 0.25) is 0 Å². The maximum atomic E-state index is 14.5. The summed E-state index contributed by atoms with van der Waals surface area (Å²) in [5.74, 6) is -12.1. The first-order valence-corrected chi connectivity index (χ1v) is 23.6. The van der Waals surface area contributed by atoms with E-state index in [1.54, 1.807) is 63.4 Å². The number of nitrogens with zero attached hydrogens (tertiary/aromatic N) is 1. The average molecular weight is 986 g/mol. The Balaban J connectivity index is 2.14. The van der Waals surface area contributed by atoms with Gasteiger partial charge in [0.1, 0.15) is 35.9 Å². The summed E-state index contributed by atoms with van der Waals surface area (Å²) in [5, 5.41) is 35.8. The number of rotatable bonds is 13. The largest absolute Gasteiger partial charge is 0.480 e. The molecule has 0 unspecified atom stereocenters. The number of methoxy groups -OCH3 is 1. The first kappa shape index (κ1) is 58.2. The lowest BCUT2D eigenvalue weighted by atomic mass is 9.94. The molecule has 0 spiro atoms. The van der Waals surface area contributed by atoms with Crippen molar-refractivity contribution in [2.75, 3.05) is 14.2 Å². The lowest BCUT2D eigenvalue weighted by molar-refractivity contribution is -0.146. The molecule has 8 N–H and O–H groups in total. The Morgan fingerprint density at radius 3 is 1.87 bits per heavy atom. The molecule has 2 aromatic carbocycles. The maximum absolute atomic E-state index is 14.5. The number of nitrogens with one attached hydrogen (secondary N) is 6. The number of carboxylic acid groups (broad SMARTS) is 2. The van der Waals surface area contributed by atoms with Gasteiger partial charge in [-0.2, -0.15) is 0 Å². The number of ether oxygens (including phenoxy) is 1. The van der Waals surface area contributed by atoms with E-state index in [0.29, 0.717) is 12.0 Å². The fraction of sp³-hybridized carbons (Fsp3) is 0.481. The van der Waals surface area contributed by atoms with Crippen LogP contribution in [0.3, 0.4) is 0 Å². The Bertz CT molecular complexity index is 2290. The van der Waals surface area contributed by atoms with Crippen LogP contribution >= 0.6 is 0 Å². The first-order valence-electron chi connectivity index (χ1n) is 23.6. The summed E-state index contributed by atoms with van der Waals surface area (Å²) >= 11 is 0. The minimum absolute atomic E-state index is 0.0213. The molecule has 0 saturated carbocycles. The van der Waals surface area contributed by atoms with Crippen molar-refractivity contribution < 1.29 is 58.1 Å². The average Bonchev–Trinajstić information content (AvgIpc) is 3.32. The Hall–Kier alpha value is -7.15. The Morgan fingerprint density at radius 2 is 1.31 bits per heavy atom. The first-order chi connectivity index (χ1) is 33.4. The highest BCUT2D eigenvalue weighted by atomic mass is 16.5. The second-order valence-electron chi connectivity index (χ2n) is 18.5. The Labute approximate surface area is 415 Å². The van der Waals surface area contributed by atoms with Gasteiger partial charge < -0.3 is 51.8 Å². The molecule has 0 radical (unpaired) electrons. The number of likely N-dealkylation sites (N-methyl/N-ethyl adjacent to an activating group) is 1. The number of allylic oxidation sites excluding steroid dienone is 2. The Kier molecular flexibility index (Phi) is 22.8. The third-order valence-electron chi connectivity index (χ3n) is 12.3. The van der Waals surface area contributed by atoms with Gasteiger partial charge in [0.15, 0.2) is 0 Å². The van der Waals surface area contributed by atoms with Gasteiger partial charge in [-0.15, -0.1) is 0 Å². The number of carbonyl (C=O) groups is 9. The normalized spacial score (nSPS) is 25.4. The predicted molar refractivity (Wildman–Crippen MR) is 265 cm³/mol. The highest BCUT2D eigenvalue weighted by molar-refractivity contribution is 6.00. The molecule has 19 nitrogen and oxygen atoms in total. The number of carbonyl (C=O) groups excluding carboxylic acids is 7. The molecule has 1 aliphatic rings. The number of hydrogen-bond acceptors (Lipinski definition) is 10. The van der Waals surface area contributed by atoms with Crippen LogP contribution in [0, 0.1) is 23.7 Å². The van der Waals surface area contributed by atoms with Gasteiger partial charge in [-0.05, 0) is 50.2 Å². The second-order valence-corrected chi connectivity index (χ2v) is 18.5. The summed E-state index contributed by atoms with van der Waals surface area (Å²) in [6.07, 6.45) is 4.66. The summed E-state index contributed by atoms with van der Waals surface area (Å²) < 4.78 is 5.83. The minimum Gasteiger partial charge on any atom is -0.480 e. The van der Waals surface area contributed by atoms with Crippen molar-refractivity contribution in [3.63, 3.8) is 0 Å². The lowest BCUT2D eigenvalue weighted by Crippen LogP contribution is -2.59. The van der Waals surface area contributed by atoms with Crippen LogP contribution in [0.5, 0.6) is 0 Å². The minimum atomic E-state index is -1.86. The fourth-order valence-electron chi connectivity index (χ4n) is 7.74. The van der Waals surface area contributed by atoms with Gasteiger partial charge in [-0.1, -0.05) is 126 Å². The Morgan fingerprint density at radius 1 is 0.746 bits per heavy atom. The summed E-state index contributed by atoms with van der Waals surface area (Å²) in [6.45, 7) is 15.0. The third kappa shape index (κ3) is 18.3. The van der Waals surface area contributed by atoms with E-state index in [-0.39, 0.29) is 30.8 Å².